The molecule has 20 heavy (non-hydrogen) atoms. The van der Waals surface area contributed by atoms with Crippen molar-refractivity contribution in [3.63, 3.8) is 0 Å². The summed E-state index contributed by atoms with van der Waals surface area (Å²) in [5.41, 5.74) is 2.19. The minimum Gasteiger partial charge on any atom is -0.219 e. The first kappa shape index (κ1) is 15.3. The summed E-state index contributed by atoms with van der Waals surface area (Å²) >= 11 is 3.31. The Kier molecular flexibility index (Phi) is 4.35. The van der Waals surface area contributed by atoms with Gasteiger partial charge in [0, 0.05) is 4.47 Å². The van der Waals surface area contributed by atoms with Crippen molar-refractivity contribution in [1.29, 1.82) is 0 Å². The van der Waals surface area contributed by atoms with Crippen molar-refractivity contribution >= 4 is 25.8 Å². The van der Waals surface area contributed by atoms with Crippen molar-refractivity contribution in [1.82, 2.24) is 0 Å². The Morgan fingerprint density at radius 1 is 0.950 bits per heavy atom. The summed E-state index contributed by atoms with van der Waals surface area (Å²) in [6.45, 7) is 6.16. The van der Waals surface area contributed by atoms with Gasteiger partial charge in [-0.05, 0) is 60.4 Å². The fraction of sp³-hybridized carbons (Fsp3) is 0.250. The fourth-order valence-corrected chi connectivity index (χ4v) is 3.82. The van der Waals surface area contributed by atoms with E-state index in [1.807, 2.05) is 13.0 Å². The van der Waals surface area contributed by atoms with Crippen molar-refractivity contribution < 1.29 is 8.42 Å². The number of rotatable bonds is 3. The van der Waals surface area contributed by atoms with Gasteiger partial charge in [-0.1, -0.05) is 35.8 Å². The summed E-state index contributed by atoms with van der Waals surface area (Å²) in [6.07, 6.45) is 0. The molecule has 0 heterocycles. The Balaban J connectivity index is 2.50. The Bertz CT molecular complexity index is 717. The minimum atomic E-state index is -3.44. The van der Waals surface area contributed by atoms with E-state index in [9.17, 15) is 8.42 Å². The van der Waals surface area contributed by atoms with Crippen molar-refractivity contribution in [2.24, 2.45) is 0 Å². The molecule has 0 atom stereocenters. The molecule has 4 heteroatoms. The summed E-state index contributed by atoms with van der Waals surface area (Å²) in [6, 6.07) is 12.1. The minimum absolute atomic E-state index is 0.317. The van der Waals surface area contributed by atoms with Gasteiger partial charge in [0.1, 0.15) is 0 Å². The zero-order chi connectivity index (χ0) is 14.9. The smallest absolute Gasteiger partial charge is 0.206 e. The quantitative estimate of drug-likeness (QED) is 0.801. The van der Waals surface area contributed by atoms with Crippen LogP contribution >= 0.6 is 15.9 Å². The standard InChI is InChI=1S/C16H17BrO2S/c1-11(2)16-9-8-15(10-12(16)3)20(18,19)14-6-4-13(17)5-7-14/h4-11H,1-3H3. The summed E-state index contributed by atoms with van der Waals surface area (Å²) in [5.74, 6) is 0.388. The molecule has 106 valence electrons. The number of aryl methyl sites for hydroxylation is 1. The monoisotopic (exact) mass is 352 g/mol. The lowest BCUT2D eigenvalue weighted by Crippen LogP contribution is -2.03. The van der Waals surface area contributed by atoms with Crippen molar-refractivity contribution in [3.8, 4) is 0 Å². The van der Waals surface area contributed by atoms with E-state index >= 15 is 0 Å². The molecule has 0 unspecified atom stereocenters. The van der Waals surface area contributed by atoms with Crippen LogP contribution in [-0.4, -0.2) is 8.42 Å². The Morgan fingerprint density at radius 2 is 1.50 bits per heavy atom. The molecule has 2 aromatic carbocycles. The summed E-state index contributed by atoms with van der Waals surface area (Å²) in [4.78, 5) is 0.666. The average Bonchev–Trinajstić information content (AvgIpc) is 2.38. The molecule has 0 saturated heterocycles. The molecule has 2 rings (SSSR count). The predicted octanol–water partition coefficient (Wildman–Crippen LogP) is 4.71. The highest BCUT2D eigenvalue weighted by Crippen LogP contribution is 2.26. The zero-order valence-electron chi connectivity index (χ0n) is 11.7. The van der Waals surface area contributed by atoms with Crippen LogP contribution in [0.3, 0.4) is 0 Å². The lowest BCUT2D eigenvalue weighted by Gasteiger charge is -2.12. The molecule has 0 N–H and O–H groups in total. The van der Waals surface area contributed by atoms with Gasteiger partial charge in [0.05, 0.1) is 9.79 Å². The molecule has 0 aliphatic rings. The highest BCUT2D eigenvalue weighted by molar-refractivity contribution is 9.10. The fourth-order valence-electron chi connectivity index (χ4n) is 2.21. The Hall–Kier alpha value is -1.13. The number of benzene rings is 2. The van der Waals surface area contributed by atoms with E-state index in [4.69, 9.17) is 0 Å². The zero-order valence-corrected chi connectivity index (χ0v) is 14.1. The van der Waals surface area contributed by atoms with E-state index in [-0.39, 0.29) is 0 Å². The Morgan fingerprint density at radius 3 is 2.00 bits per heavy atom. The van der Waals surface area contributed by atoms with Crippen LogP contribution in [0, 0.1) is 6.92 Å². The molecule has 2 nitrogen and oxygen atoms in total. The van der Waals surface area contributed by atoms with Gasteiger partial charge < -0.3 is 0 Å². The first-order valence-corrected chi connectivity index (χ1v) is 8.71. The van der Waals surface area contributed by atoms with E-state index in [1.165, 1.54) is 5.56 Å². The van der Waals surface area contributed by atoms with Gasteiger partial charge in [-0.15, -0.1) is 0 Å². The summed E-state index contributed by atoms with van der Waals surface area (Å²) in [7, 11) is -3.44. The first-order valence-electron chi connectivity index (χ1n) is 6.43. The van der Waals surface area contributed by atoms with E-state index in [1.54, 1.807) is 36.4 Å². The normalized spacial score (nSPS) is 11.8. The third-order valence-corrected chi connectivity index (χ3v) is 5.59. The molecule has 0 spiro atoms. The van der Waals surface area contributed by atoms with E-state index in [0.29, 0.717) is 15.7 Å². The van der Waals surface area contributed by atoms with Crippen molar-refractivity contribution in [3.05, 3.63) is 58.1 Å². The molecule has 0 amide bonds. The maximum Gasteiger partial charge on any atom is 0.206 e. The van der Waals surface area contributed by atoms with Crippen LogP contribution in [0.5, 0.6) is 0 Å². The SMILES string of the molecule is Cc1cc(S(=O)(=O)c2ccc(Br)cc2)ccc1C(C)C. The second-order valence-electron chi connectivity index (χ2n) is 5.13. The van der Waals surface area contributed by atoms with Crippen LogP contribution in [0.4, 0.5) is 0 Å². The van der Waals surface area contributed by atoms with Gasteiger partial charge in [0.2, 0.25) is 9.84 Å². The molecule has 0 bridgehead atoms. The van der Waals surface area contributed by atoms with E-state index in [0.717, 1.165) is 10.0 Å². The number of halogens is 1. The molecule has 0 fully saturated rings. The lowest BCUT2D eigenvalue weighted by molar-refractivity contribution is 0.596. The molecule has 0 aliphatic carbocycles. The lowest BCUT2D eigenvalue weighted by atomic mass is 9.98. The van der Waals surface area contributed by atoms with Crippen LogP contribution in [0.25, 0.3) is 0 Å². The average molecular weight is 353 g/mol. The van der Waals surface area contributed by atoms with Crippen LogP contribution in [0.15, 0.2) is 56.7 Å². The second-order valence-corrected chi connectivity index (χ2v) is 8.00. The van der Waals surface area contributed by atoms with Gasteiger partial charge in [-0.3, -0.25) is 0 Å². The van der Waals surface area contributed by atoms with Gasteiger partial charge in [-0.2, -0.15) is 0 Å². The maximum absolute atomic E-state index is 12.6. The largest absolute Gasteiger partial charge is 0.219 e. The van der Waals surface area contributed by atoms with Crippen molar-refractivity contribution in [2.75, 3.05) is 0 Å². The van der Waals surface area contributed by atoms with Crippen LogP contribution < -0.4 is 0 Å². The highest BCUT2D eigenvalue weighted by atomic mass is 79.9. The molecular formula is C16H17BrO2S. The number of hydrogen-bond donors (Lipinski definition) is 0. The van der Waals surface area contributed by atoms with E-state index < -0.39 is 9.84 Å². The van der Waals surface area contributed by atoms with Gasteiger partial charge >= 0.3 is 0 Å². The summed E-state index contributed by atoms with van der Waals surface area (Å²) in [5, 5.41) is 0. The highest BCUT2D eigenvalue weighted by Gasteiger charge is 2.18. The molecule has 2 aromatic rings. The third-order valence-electron chi connectivity index (χ3n) is 3.30. The second kappa shape index (κ2) is 5.70. The topological polar surface area (TPSA) is 34.1 Å². The molecule has 0 aromatic heterocycles. The van der Waals surface area contributed by atoms with Crippen molar-refractivity contribution in [2.45, 2.75) is 36.5 Å². The Labute approximate surface area is 128 Å². The molecule has 0 saturated carbocycles. The number of sulfone groups is 1. The van der Waals surface area contributed by atoms with Gasteiger partial charge in [0.25, 0.3) is 0 Å². The predicted molar refractivity (Wildman–Crippen MR) is 84.9 cm³/mol. The molecule has 0 aliphatic heterocycles. The van der Waals surface area contributed by atoms with Gasteiger partial charge in [-0.25, -0.2) is 8.42 Å². The van der Waals surface area contributed by atoms with Crippen LogP contribution in [-0.2, 0) is 9.84 Å². The van der Waals surface area contributed by atoms with Crippen LogP contribution in [0.1, 0.15) is 30.9 Å². The first-order chi connectivity index (χ1) is 9.32. The maximum atomic E-state index is 12.6. The number of hydrogen-bond acceptors (Lipinski definition) is 2. The summed E-state index contributed by atoms with van der Waals surface area (Å²) < 4.78 is 26.0. The third kappa shape index (κ3) is 2.96. The van der Waals surface area contributed by atoms with Gasteiger partial charge in [0.15, 0.2) is 0 Å². The van der Waals surface area contributed by atoms with E-state index in [2.05, 4.69) is 29.8 Å². The van der Waals surface area contributed by atoms with Crippen LogP contribution in [0.2, 0.25) is 0 Å². The molecular weight excluding hydrogens is 336 g/mol. The molecule has 0 radical (unpaired) electrons.